The van der Waals surface area contributed by atoms with Crippen LogP contribution in [0.25, 0.3) is 0 Å². The Labute approximate surface area is 88.9 Å². The second-order valence-corrected chi connectivity index (χ2v) is 3.31. The van der Waals surface area contributed by atoms with E-state index in [1.165, 1.54) is 7.11 Å². The maximum Gasteiger partial charge on any atom is 0.319 e. The van der Waals surface area contributed by atoms with Crippen molar-refractivity contribution in [3.63, 3.8) is 0 Å². The predicted molar refractivity (Wildman–Crippen MR) is 56.6 cm³/mol. The summed E-state index contributed by atoms with van der Waals surface area (Å²) in [6.45, 7) is 2.54. The number of benzene rings is 1. The zero-order valence-electron chi connectivity index (χ0n) is 8.91. The molecule has 0 aliphatic heterocycles. The smallest absolute Gasteiger partial charge is 0.319 e. The summed E-state index contributed by atoms with van der Waals surface area (Å²) < 4.78 is 4.48. The molecule has 0 heterocycles. The molecule has 0 bridgehead atoms. The fourth-order valence-electron chi connectivity index (χ4n) is 1.23. The van der Waals surface area contributed by atoms with Gasteiger partial charge in [-0.1, -0.05) is 17.7 Å². The first-order valence-corrected chi connectivity index (χ1v) is 4.69. The highest BCUT2D eigenvalue weighted by atomic mass is 16.5. The molecule has 0 aliphatic carbocycles. The van der Waals surface area contributed by atoms with Gasteiger partial charge < -0.3 is 15.2 Å². The number of hydrogen-bond acceptors (Lipinski definition) is 4. The van der Waals surface area contributed by atoms with Crippen molar-refractivity contribution in [3.05, 3.63) is 29.3 Å². The molecular weight excluding hydrogens is 194 g/mol. The Morgan fingerprint density at radius 1 is 1.53 bits per heavy atom. The lowest BCUT2D eigenvalue weighted by atomic mass is 10.1. The third kappa shape index (κ3) is 3.59. The fraction of sp³-hybridized carbons (Fsp3) is 0.364. The Bertz CT molecular complexity index is 350. The van der Waals surface area contributed by atoms with Crippen LogP contribution in [0.1, 0.15) is 11.1 Å². The van der Waals surface area contributed by atoms with Gasteiger partial charge in [-0.3, -0.25) is 4.79 Å². The topological polar surface area (TPSA) is 58.6 Å². The van der Waals surface area contributed by atoms with Gasteiger partial charge in [0.15, 0.2) is 0 Å². The summed E-state index contributed by atoms with van der Waals surface area (Å²) in [5.41, 5.74) is 1.85. The molecule has 0 atom stereocenters. The number of methoxy groups -OCH3 is 1. The Morgan fingerprint density at radius 3 is 2.93 bits per heavy atom. The molecule has 0 amide bonds. The van der Waals surface area contributed by atoms with E-state index in [9.17, 15) is 9.90 Å². The number of nitrogens with one attached hydrogen (secondary N) is 1. The van der Waals surface area contributed by atoms with Crippen molar-refractivity contribution in [3.8, 4) is 5.75 Å². The highest BCUT2D eigenvalue weighted by molar-refractivity contribution is 5.71. The molecule has 1 aromatic carbocycles. The lowest BCUT2D eigenvalue weighted by molar-refractivity contribution is -0.139. The minimum absolute atomic E-state index is 0.143. The molecule has 4 nitrogen and oxygen atoms in total. The van der Waals surface area contributed by atoms with E-state index in [1.807, 2.05) is 19.1 Å². The third-order valence-electron chi connectivity index (χ3n) is 2.05. The molecule has 0 radical (unpaired) electrons. The van der Waals surface area contributed by atoms with Crippen molar-refractivity contribution in [2.24, 2.45) is 0 Å². The van der Waals surface area contributed by atoms with Crippen molar-refractivity contribution in [1.82, 2.24) is 5.32 Å². The largest absolute Gasteiger partial charge is 0.508 e. The maximum atomic E-state index is 10.8. The molecule has 0 aliphatic rings. The Hall–Kier alpha value is -1.55. The van der Waals surface area contributed by atoms with Gasteiger partial charge in [0.05, 0.1) is 13.7 Å². The van der Waals surface area contributed by atoms with Crippen LogP contribution in [-0.4, -0.2) is 24.7 Å². The minimum Gasteiger partial charge on any atom is -0.508 e. The highest BCUT2D eigenvalue weighted by Gasteiger charge is 2.03. The number of phenols is 1. The van der Waals surface area contributed by atoms with E-state index in [4.69, 9.17) is 0 Å². The molecule has 0 saturated carbocycles. The minimum atomic E-state index is -0.317. The van der Waals surface area contributed by atoms with Crippen molar-refractivity contribution in [2.75, 3.05) is 13.7 Å². The van der Waals surface area contributed by atoms with Crippen LogP contribution in [0, 0.1) is 6.92 Å². The lowest BCUT2D eigenvalue weighted by Gasteiger charge is -2.06. The van der Waals surface area contributed by atoms with E-state index in [2.05, 4.69) is 10.1 Å². The van der Waals surface area contributed by atoms with Crippen molar-refractivity contribution in [1.29, 1.82) is 0 Å². The van der Waals surface area contributed by atoms with Crippen LogP contribution in [0.2, 0.25) is 0 Å². The van der Waals surface area contributed by atoms with Gasteiger partial charge in [0.2, 0.25) is 0 Å². The summed E-state index contributed by atoms with van der Waals surface area (Å²) in [6, 6.07) is 5.35. The van der Waals surface area contributed by atoms with Crippen LogP contribution in [-0.2, 0) is 16.1 Å². The molecular formula is C11H15NO3. The predicted octanol–water partition coefficient (Wildman–Crippen LogP) is 0.963. The average molecular weight is 209 g/mol. The monoisotopic (exact) mass is 209 g/mol. The first kappa shape index (κ1) is 11.5. The molecule has 2 N–H and O–H groups in total. The van der Waals surface area contributed by atoms with Crippen LogP contribution in [0.15, 0.2) is 18.2 Å². The van der Waals surface area contributed by atoms with Gasteiger partial charge in [-0.05, 0) is 13.0 Å². The number of rotatable bonds is 4. The van der Waals surface area contributed by atoms with E-state index in [-0.39, 0.29) is 18.3 Å². The van der Waals surface area contributed by atoms with Gasteiger partial charge in [-0.15, -0.1) is 0 Å². The summed E-state index contributed by atoms with van der Waals surface area (Å²) >= 11 is 0. The zero-order chi connectivity index (χ0) is 11.3. The van der Waals surface area contributed by atoms with Crippen LogP contribution < -0.4 is 5.32 Å². The lowest BCUT2D eigenvalue weighted by Crippen LogP contribution is -2.23. The molecule has 82 valence electrons. The second-order valence-electron chi connectivity index (χ2n) is 3.31. The summed E-state index contributed by atoms with van der Waals surface area (Å²) in [4.78, 5) is 10.8. The molecule has 0 saturated heterocycles. The highest BCUT2D eigenvalue weighted by Crippen LogP contribution is 2.17. The molecule has 1 aromatic rings. The molecule has 1 rings (SSSR count). The molecule has 0 spiro atoms. The first-order valence-electron chi connectivity index (χ1n) is 4.69. The molecule has 15 heavy (non-hydrogen) atoms. The molecule has 4 heteroatoms. The van der Waals surface area contributed by atoms with Crippen LogP contribution >= 0.6 is 0 Å². The molecule has 0 aromatic heterocycles. The van der Waals surface area contributed by atoms with Gasteiger partial charge in [-0.25, -0.2) is 0 Å². The second kappa shape index (κ2) is 5.36. The van der Waals surface area contributed by atoms with E-state index in [0.29, 0.717) is 6.54 Å². The first-order chi connectivity index (χ1) is 7.13. The number of ether oxygens (including phenoxy) is 1. The fourth-order valence-corrected chi connectivity index (χ4v) is 1.23. The summed E-state index contributed by atoms with van der Waals surface area (Å²) in [5, 5.41) is 12.4. The van der Waals surface area contributed by atoms with Gasteiger partial charge >= 0.3 is 5.97 Å². The average Bonchev–Trinajstić information content (AvgIpc) is 2.23. The Kier molecular flexibility index (Phi) is 4.12. The number of carbonyl (C=O) groups is 1. The van der Waals surface area contributed by atoms with Crippen LogP contribution in [0.5, 0.6) is 5.75 Å². The number of hydrogen-bond donors (Lipinski definition) is 2. The van der Waals surface area contributed by atoms with Crippen LogP contribution in [0.3, 0.4) is 0 Å². The van der Waals surface area contributed by atoms with Crippen LogP contribution in [0.4, 0.5) is 0 Å². The SMILES string of the molecule is COC(=O)CNCc1cc(C)ccc1O. The Balaban J connectivity index is 2.50. The summed E-state index contributed by atoms with van der Waals surface area (Å²) in [6.07, 6.45) is 0. The van der Waals surface area contributed by atoms with Gasteiger partial charge in [0, 0.05) is 12.1 Å². The zero-order valence-corrected chi connectivity index (χ0v) is 8.91. The number of carbonyl (C=O) groups excluding carboxylic acids is 1. The van der Waals surface area contributed by atoms with Gasteiger partial charge in [-0.2, -0.15) is 0 Å². The quantitative estimate of drug-likeness (QED) is 0.725. The summed E-state index contributed by atoms with van der Waals surface area (Å²) in [7, 11) is 1.34. The normalized spacial score (nSPS) is 10.0. The maximum absolute atomic E-state index is 10.8. The van der Waals surface area contributed by atoms with Crippen molar-refractivity contribution >= 4 is 5.97 Å². The van der Waals surface area contributed by atoms with Gasteiger partial charge in [0.1, 0.15) is 5.75 Å². The number of esters is 1. The van der Waals surface area contributed by atoms with E-state index in [1.54, 1.807) is 6.07 Å². The molecule has 0 fully saturated rings. The third-order valence-corrected chi connectivity index (χ3v) is 2.05. The number of aromatic hydroxyl groups is 1. The van der Waals surface area contributed by atoms with E-state index >= 15 is 0 Å². The van der Waals surface area contributed by atoms with Gasteiger partial charge in [0.25, 0.3) is 0 Å². The van der Waals surface area contributed by atoms with Crippen molar-refractivity contribution < 1.29 is 14.6 Å². The van der Waals surface area contributed by atoms with E-state index < -0.39 is 0 Å². The standard InChI is InChI=1S/C11H15NO3/c1-8-3-4-10(13)9(5-8)6-12-7-11(14)15-2/h3-5,12-13H,6-7H2,1-2H3. The summed E-state index contributed by atoms with van der Waals surface area (Å²) in [5.74, 6) is -0.0832. The van der Waals surface area contributed by atoms with E-state index in [0.717, 1.165) is 11.1 Å². The van der Waals surface area contributed by atoms with Crippen molar-refractivity contribution in [2.45, 2.75) is 13.5 Å². The number of phenolic OH excluding ortho intramolecular Hbond substituents is 1. The Morgan fingerprint density at radius 2 is 2.27 bits per heavy atom. The number of aryl methyl sites for hydroxylation is 1. The molecule has 0 unspecified atom stereocenters.